The number of rotatable bonds is 7. The standard InChI is InChI=1S/C12H22N4O/c1-9(2)12-10(8-16(3)15-12)7-14-6-4-5-11(13)17/h8-9,14H,4-7H2,1-3H3,(H2,13,17). The SMILES string of the molecule is CC(C)c1nn(C)cc1CNCCCC(N)=O. The van der Waals surface area contributed by atoms with Gasteiger partial charge in [-0.1, -0.05) is 13.8 Å². The van der Waals surface area contributed by atoms with Crippen LogP contribution in [0.4, 0.5) is 0 Å². The van der Waals surface area contributed by atoms with E-state index in [1.165, 1.54) is 5.56 Å². The van der Waals surface area contributed by atoms with Gasteiger partial charge in [0.15, 0.2) is 0 Å². The van der Waals surface area contributed by atoms with E-state index in [0.717, 1.165) is 25.2 Å². The second-order valence-electron chi connectivity index (χ2n) is 4.61. The van der Waals surface area contributed by atoms with Crippen molar-refractivity contribution in [3.63, 3.8) is 0 Å². The van der Waals surface area contributed by atoms with Crippen LogP contribution in [0.15, 0.2) is 6.20 Å². The minimum Gasteiger partial charge on any atom is -0.370 e. The van der Waals surface area contributed by atoms with Gasteiger partial charge in [0.2, 0.25) is 5.91 Å². The zero-order chi connectivity index (χ0) is 12.8. The molecule has 17 heavy (non-hydrogen) atoms. The van der Waals surface area contributed by atoms with E-state index in [-0.39, 0.29) is 5.91 Å². The van der Waals surface area contributed by atoms with Crippen molar-refractivity contribution in [1.82, 2.24) is 15.1 Å². The summed E-state index contributed by atoms with van der Waals surface area (Å²) in [5.74, 6) is 0.190. The molecule has 0 bridgehead atoms. The molecule has 5 heteroatoms. The Morgan fingerprint density at radius 1 is 1.59 bits per heavy atom. The number of nitrogens with two attached hydrogens (primary N) is 1. The molecule has 96 valence electrons. The Bertz CT molecular complexity index is 371. The lowest BCUT2D eigenvalue weighted by Gasteiger charge is -2.06. The van der Waals surface area contributed by atoms with Crippen LogP contribution in [0, 0.1) is 0 Å². The molecule has 0 aliphatic heterocycles. The third-order valence-corrected chi connectivity index (χ3v) is 2.58. The number of hydrogen-bond donors (Lipinski definition) is 2. The van der Waals surface area contributed by atoms with Crippen molar-refractivity contribution in [2.75, 3.05) is 6.54 Å². The van der Waals surface area contributed by atoms with Crippen LogP contribution in [-0.4, -0.2) is 22.2 Å². The number of carbonyl (C=O) groups is 1. The van der Waals surface area contributed by atoms with Crippen LogP contribution in [0.1, 0.15) is 43.9 Å². The predicted octanol–water partition coefficient (Wildman–Crippen LogP) is 0.899. The van der Waals surface area contributed by atoms with Gasteiger partial charge in [0, 0.05) is 31.8 Å². The summed E-state index contributed by atoms with van der Waals surface area (Å²) in [5, 5.41) is 7.74. The van der Waals surface area contributed by atoms with Crippen LogP contribution < -0.4 is 11.1 Å². The summed E-state index contributed by atoms with van der Waals surface area (Å²) < 4.78 is 1.84. The van der Waals surface area contributed by atoms with E-state index >= 15 is 0 Å². The van der Waals surface area contributed by atoms with E-state index in [9.17, 15) is 4.79 Å². The monoisotopic (exact) mass is 238 g/mol. The van der Waals surface area contributed by atoms with Crippen molar-refractivity contribution in [1.29, 1.82) is 0 Å². The molecular weight excluding hydrogens is 216 g/mol. The van der Waals surface area contributed by atoms with Crippen LogP contribution in [0.25, 0.3) is 0 Å². The zero-order valence-corrected chi connectivity index (χ0v) is 10.9. The smallest absolute Gasteiger partial charge is 0.217 e. The van der Waals surface area contributed by atoms with Crippen molar-refractivity contribution in [2.45, 2.75) is 39.2 Å². The second-order valence-corrected chi connectivity index (χ2v) is 4.61. The van der Waals surface area contributed by atoms with E-state index < -0.39 is 0 Å². The number of carbonyl (C=O) groups excluding carboxylic acids is 1. The number of aromatic nitrogens is 2. The Kier molecular flexibility index (Phi) is 5.15. The van der Waals surface area contributed by atoms with Gasteiger partial charge in [0.05, 0.1) is 5.69 Å². The molecule has 1 rings (SSSR count). The largest absolute Gasteiger partial charge is 0.370 e. The fourth-order valence-electron chi connectivity index (χ4n) is 1.79. The Balaban J connectivity index is 2.38. The normalized spacial score (nSPS) is 11.1. The molecule has 0 aromatic carbocycles. The van der Waals surface area contributed by atoms with Gasteiger partial charge in [-0.05, 0) is 18.9 Å². The van der Waals surface area contributed by atoms with Crippen molar-refractivity contribution in [3.8, 4) is 0 Å². The van der Waals surface area contributed by atoms with E-state index in [1.807, 2.05) is 17.9 Å². The number of primary amides is 1. The summed E-state index contributed by atoms with van der Waals surface area (Å²) in [6.45, 7) is 5.87. The summed E-state index contributed by atoms with van der Waals surface area (Å²) in [7, 11) is 1.93. The van der Waals surface area contributed by atoms with Crippen molar-refractivity contribution in [3.05, 3.63) is 17.5 Å². The minimum absolute atomic E-state index is 0.240. The van der Waals surface area contributed by atoms with Crippen LogP contribution in [0.3, 0.4) is 0 Å². The number of nitrogens with one attached hydrogen (secondary N) is 1. The van der Waals surface area contributed by atoms with E-state index in [2.05, 4.69) is 24.3 Å². The molecule has 1 amide bonds. The summed E-state index contributed by atoms with van der Waals surface area (Å²) >= 11 is 0. The number of nitrogens with zero attached hydrogens (tertiary/aromatic N) is 2. The molecule has 0 unspecified atom stereocenters. The van der Waals surface area contributed by atoms with Gasteiger partial charge in [-0.15, -0.1) is 0 Å². The van der Waals surface area contributed by atoms with Gasteiger partial charge in [0.25, 0.3) is 0 Å². The first kappa shape index (κ1) is 13.7. The fourth-order valence-corrected chi connectivity index (χ4v) is 1.79. The van der Waals surface area contributed by atoms with Crippen molar-refractivity contribution in [2.24, 2.45) is 12.8 Å². The highest BCUT2D eigenvalue weighted by Gasteiger charge is 2.10. The van der Waals surface area contributed by atoms with Gasteiger partial charge in [-0.3, -0.25) is 9.48 Å². The van der Waals surface area contributed by atoms with E-state index in [4.69, 9.17) is 5.73 Å². The summed E-state index contributed by atoms with van der Waals surface area (Å²) in [6.07, 6.45) is 3.26. The summed E-state index contributed by atoms with van der Waals surface area (Å²) in [4.78, 5) is 10.6. The van der Waals surface area contributed by atoms with Gasteiger partial charge in [0.1, 0.15) is 0 Å². The maximum atomic E-state index is 10.6. The average Bonchev–Trinajstić information content (AvgIpc) is 2.59. The Morgan fingerprint density at radius 3 is 2.88 bits per heavy atom. The quantitative estimate of drug-likeness (QED) is 0.693. The number of amides is 1. The highest BCUT2D eigenvalue weighted by molar-refractivity contribution is 5.73. The summed E-state index contributed by atoms with van der Waals surface area (Å²) in [6, 6.07) is 0. The molecule has 5 nitrogen and oxygen atoms in total. The van der Waals surface area contributed by atoms with Crippen LogP contribution in [0.5, 0.6) is 0 Å². The molecule has 0 saturated heterocycles. The molecule has 0 aliphatic carbocycles. The lowest BCUT2D eigenvalue weighted by Crippen LogP contribution is -2.18. The molecule has 0 atom stereocenters. The first-order chi connectivity index (χ1) is 8.00. The van der Waals surface area contributed by atoms with E-state index in [1.54, 1.807) is 0 Å². The second kappa shape index (κ2) is 6.39. The highest BCUT2D eigenvalue weighted by Crippen LogP contribution is 2.16. The molecule has 3 N–H and O–H groups in total. The van der Waals surface area contributed by atoms with Gasteiger partial charge >= 0.3 is 0 Å². The minimum atomic E-state index is -0.240. The fraction of sp³-hybridized carbons (Fsp3) is 0.667. The van der Waals surface area contributed by atoms with Crippen molar-refractivity contribution < 1.29 is 4.79 Å². The third-order valence-electron chi connectivity index (χ3n) is 2.58. The molecule has 0 aliphatic rings. The Hall–Kier alpha value is -1.36. The maximum absolute atomic E-state index is 10.6. The van der Waals surface area contributed by atoms with Crippen LogP contribution >= 0.6 is 0 Å². The molecule has 1 heterocycles. The lowest BCUT2D eigenvalue weighted by molar-refractivity contribution is -0.118. The molecule has 0 spiro atoms. The highest BCUT2D eigenvalue weighted by atomic mass is 16.1. The molecule has 1 aromatic heterocycles. The number of hydrogen-bond acceptors (Lipinski definition) is 3. The Labute approximate surface area is 102 Å². The Morgan fingerprint density at radius 2 is 2.29 bits per heavy atom. The third kappa shape index (κ3) is 4.56. The topological polar surface area (TPSA) is 72.9 Å². The molecule has 0 fully saturated rings. The predicted molar refractivity (Wildman–Crippen MR) is 67.4 cm³/mol. The van der Waals surface area contributed by atoms with Crippen LogP contribution in [-0.2, 0) is 18.4 Å². The summed E-state index contributed by atoms with van der Waals surface area (Å²) in [5.41, 5.74) is 7.43. The first-order valence-electron chi connectivity index (χ1n) is 6.02. The average molecular weight is 238 g/mol. The van der Waals surface area contributed by atoms with E-state index in [0.29, 0.717) is 12.3 Å². The van der Waals surface area contributed by atoms with Crippen LogP contribution in [0.2, 0.25) is 0 Å². The van der Waals surface area contributed by atoms with Gasteiger partial charge in [-0.25, -0.2) is 0 Å². The first-order valence-corrected chi connectivity index (χ1v) is 6.02. The molecular formula is C12H22N4O. The number of aryl methyl sites for hydroxylation is 1. The zero-order valence-electron chi connectivity index (χ0n) is 10.9. The molecule has 0 saturated carbocycles. The van der Waals surface area contributed by atoms with Gasteiger partial charge < -0.3 is 11.1 Å². The molecule has 0 radical (unpaired) electrons. The maximum Gasteiger partial charge on any atom is 0.217 e. The molecule has 1 aromatic rings. The lowest BCUT2D eigenvalue weighted by atomic mass is 10.1. The van der Waals surface area contributed by atoms with Crippen molar-refractivity contribution >= 4 is 5.91 Å². The van der Waals surface area contributed by atoms with Gasteiger partial charge in [-0.2, -0.15) is 5.10 Å².